The summed E-state index contributed by atoms with van der Waals surface area (Å²) in [6, 6.07) is 1.84. The van der Waals surface area contributed by atoms with Crippen LogP contribution >= 0.6 is 0 Å². The van der Waals surface area contributed by atoms with Crippen LogP contribution in [0.1, 0.15) is 17.3 Å². The molecular formula is C9H8FNO3. The van der Waals surface area contributed by atoms with Crippen molar-refractivity contribution >= 4 is 17.9 Å². The molecular weight excluding hydrogens is 189 g/mol. The summed E-state index contributed by atoms with van der Waals surface area (Å²) in [6.07, 6.45) is 0.329. The van der Waals surface area contributed by atoms with E-state index in [1.165, 1.54) is 6.92 Å². The molecule has 0 radical (unpaired) electrons. The molecule has 0 atom stereocenters. The molecule has 0 aliphatic rings. The highest BCUT2D eigenvalue weighted by Gasteiger charge is 2.09. The first-order chi connectivity index (χ1) is 6.54. The predicted octanol–water partition coefficient (Wildman–Crippen LogP) is 1.30. The summed E-state index contributed by atoms with van der Waals surface area (Å²) in [4.78, 5) is 20.9. The van der Waals surface area contributed by atoms with Crippen LogP contribution in [0.25, 0.3) is 0 Å². The molecule has 0 aliphatic heterocycles. The van der Waals surface area contributed by atoms with Gasteiger partial charge in [-0.05, 0) is 6.07 Å². The number of carbonyl (C=O) groups is 2. The van der Waals surface area contributed by atoms with Crippen LogP contribution in [-0.4, -0.2) is 17.3 Å². The van der Waals surface area contributed by atoms with E-state index in [-0.39, 0.29) is 17.0 Å². The summed E-state index contributed by atoms with van der Waals surface area (Å²) in [7, 11) is 0. The molecule has 0 aliphatic carbocycles. The predicted molar refractivity (Wildman–Crippen MR) is 47.8 cm³/mol. The molecule has 0 saturated carbocycles. The average Bonchev–Trinajstić information content (AvgIpc) is 2.10. The van der Waals surface area contributed by atoms with Crippen LogP contribution in [0.15, 0.2) is 12.1 Å². The maximum atomic E-state index is 13.1. The largest absolute Gasteiger partial charge is 0.507 e. The Labute approximate surface area is 79.4 Å². The zero-order chi connectivity index (χ0) is 10.7. The lowest BCUT2D eigenvalue weighted by Crippen LogP contribution is -2.07. The van der Waals surface area contributed by atoms with E-state index in [0.29, 0.717) is 6.29 Å². The molecule has 0 fully saturated rings. The number of rotatable bonds is 2. The first-order valence-corrected chi connectivity index (χ1v) is 3.80. The molecule has 0 unspecified atom stereocenters. The summed E-state index contributed by atoms with van der Waals surface area (Å²) >= 11 is 0. The summed E-state index contributed by atoms with van der Waals surface area (Å²) in [5.74, 6) is -1.59. The minimum Gasteiger partial charge on any atom is -0.507 e. The maximum absolute atomic E-state index is 13.1. The number of halogens is 1. The van der Waals surface area contributed by atoms with Gasteiger partial charge < -0.3 is 10.4 Å². The molecule has 0 bridgehead atoms. The van der Waals surface area contributed by atoms with Crippen molar-refractivity contribution in [2.24, 2.45) is 0 Å². The van der Waals surface area contributed by atoms with Crippen molar-refractivity contribution in [1.82, 2.24) is 0 Å². The highest BCUT2D eigenvalue weighted by Crippen LogP contribution is 2.23. The van der Waals surface area contributed by atoms with Crippen LogP contribution in [0.4, 0.5) is 10.1 Å². The first-order valence-electron chi connectivity index (χ1n) is 3.80. The minimum atomic E-state index is -0.764. The Morgan fingerprint density at radius 3 is 2.71 bits per heavy atom. The number of hydrogen-bond acceptors (Lipinski definition) is 3. The second-order valence-corrected chi connectivity index (χ2v) is 2.69. The molecule has 1 amide bonds. The van der Waals surface area contributed by atoms with Crippen LogP contribution in [0.5, 0.6) is 5.75 Å². The lowest BCUT2D eigenvalue weighted by atomic mass is 10.2. The topological polar surface area (TPSA) is 66.4 Å². The van der Waals surface area contributed by atoms with Gasteiger partial charge in [-0.2, -0.15) is 0 Å². The van der Waals surface area contributed by atoms with E-state index in [1.807, 2.05) is 0 Å². The van der Waals surface area contributed by atoms with E-state index in [4.69, 9.17) is 0 Å². The van der Waals surface area contributed by atoms with E-state index in [0.717, 1.165) is 12.1 Å². The molecule has 14 heavy (non-hydrogen) atoms. The number of amides is 1. The fraction of sp³-hybridized carbons (Fsp3) is 0.111. The van der Waals surface area contributed by atoms with Gasteiger partial charge in [0.05, 0.1) is 11.3 Å². The van der Waals surface area contributed by atoms with Crippen LogP contribution < -0.4 is 5.32 Å². The zero-order valence-electron chi connectivity index (χ0n) is 7.37. The third-order valence-corrected chi connectivity index (χ3v) is 1.55. The van der Waals surface area contributed by atoms with E-state index < -0.39 is 11.7 Å². The number of aldehydes is 1. The van der Waals surface area contributed by atoms with Crippen LogP contribution in [0.3, 0.4) is 0 Å². The van der Waals surface area contributed by atoms with Crippen LogP contribution in [0.2, 0.25) is 0 Å². The molecule has 1 aromatic carbocycles. The number of anilines is 1. The summed E-state index contributed by atoms with van der Waals surface area (Å²) < 4.78 is 13.1. The fourth-order valence-corrected chi connectivity index (χ4v) is 0.957. The fourth-order valence-electron chi connectivity index (χ4n) is 0.957. The van der Waals surface area contributed by atoms with Crippen molar-refractivity contribution in [3.05, 3.63) is 23.5 Å². The van der Waals surface area contributed by atoms with Gasteiger partial charge in [-0.1, -0.05) is 0 Å². The molecule has 74 valence electrons. The lowest BCUT2D eigenvalue weighted by Gasteiger charge is -2.05. The summed E-state index contributed by atoms with van der Waals surface area (Å²) in [5, 5.41) is 11.4. The number of hydrogen-bond donors (Lipinski definition) is 2. The zero-order valence-corrected chi connectivity index (χ0v) is 7.37. The monoisotopic (exact) mass is 197 g/mol. The third kappa shape index (κ3) is 2.07. The summed E-state index contributed by atoms with van der Waals surface area (Å²) in [5.41, 5.74) is -0.308. The highest BCUT2D eigenvalue weighted by molar-refractivity contribution is 5.90. The van der Waals surface area contributed by atoms with Crippen LogP contribution in [0, 0.1) is 5.82 Å². The minimum absolute atomic E-state index is 0.152. The second kappa shape index (κ2) is 3.87. The smallest absolute Gasteiger partial charge is 0.221 e. The van der Waals surface area contributed by atoms with E-state index in [2.05, 4.69) is 5.32 Å². The lowest BCUT2D eigenvalue weighted by molar-refractivity contribution is -0.114. The Hall–Kier alpha value is -1.91. The number of nitrogens with one attached hydrogen (secondary N) is 1. The Bertz CT molecular complexity index is 390. The van der Waals surface area contributed by atoms with Gasteiger partial charge in [-0.3, -0.25) is 9.59 Å². The molecule has 4 nitrogen and oxygen atoms in total. The Kier molecular flexibility index (Phi) is 2.81. The van der Waals surface area contributed by atoms with Gasteiger partial charge in [-0.15, -0.1) is 0 Å². The van der Waals surface area contributed by atoms with Crippen molar-refractivity contribution in [3.63, 3.8) is 0 Å². The number of aromatic hydroxyl groups is 1. The molecule has 5 heteroatoms. The maximum Gasteiger partial charge on any atom is 0.221 e. The molecule has 0 spiro atoms. The van der Waals surface area contributed by atoms with Gasteiger partial charge in [0.1, 0.15) is 11.6 Å². The van der Waals surface area contributed by atoms with Crippen molar-refractivity contribution in [2.75, 3.05) is 5.32 Å². The number of phenols is 1. The molecule has 0 aromatic heterocycles. The van der Waals surface area contributed by atoms with Gasteiger partial charge in [-0.25, -0.2) is 4.39 Å². The van der Waals surface area contributed by atoms with Gasteiger partial charge in [0.2, 0.25) is 5.91 Å². The number of carbonyl (C=O) groups excluding carboxylic acids is 2. The molecule has 1 rings (SSSR count). The first kappa shape index (κ1) is 10.2. The van der Waals surface area contributed by atoms with Crippen molar-refractivity contribution in [2.45, 2.75) is 6.92 Å². The SMILES string of the molecule is CC(=O)Nc1cc(O)c(C=O)cc1F. The van der Waals surface area contributed by atoms with Crippen molar-refractivity contribution in [1.29, 1.82) is 0 Å². The van der Waals surface area contributed by atoms with Crippen molar-refractivity contribution in [3.8, 4) is 5.75 Å². The molecule has 0 heterocycles. The second-order valence-electron chi connectivity index (χ2n) is 2.69. The van der Waals surface area contributed by atoms with Gasteiger partial charge in [0.15, 0.2) is 6.29 Å². The standard InChI is InChI=1S/C9H8FNO3/c1-5(13)11-8-3-9(14)6(4-12)2-7(8)10/h2-4,14H,1H3,(H,11,13). The average molecular weight is 197 g/mol. The molecule has 2 N–H and O–H groups in total. The summed E-state index contributed by atoms with van der Waals surface area (Å²) in [6.45, 7) is 1.21. The Morgan fingerprint density at radius 1 is 1.57 bits per heavy atom. The van der Waals surface area contributed by atoms with Gasteiger partial charge in [0.25, 0.3) is 0 Å². The van der Waals surface area contributed by atoms with Gasteiger partial charge in [0, 0.05) is 13.0 Å². The quantitative estimate of drug-likeness (QED) is 0.702. The third-order valence-electron chi connectivity index (χ3n) is 1.55. The van der Waals surface area contributed by atoms with E-state index in [1.54, 1.807) is 0 Å². The van der Waals surface area contributed by atoms with E-state index in [9.17, 15) is 19.1 Å². The molecule has 0 saturated heterocycles. The Balaban J connectivity index is 3.14. The normalized spacial score (nSPS) is 9.57. The van der Waals surface area contributed by atoms with Crippen LogP contribution in [-0.2, 0) is 4.79 Å². The number of phenolic OH excluding ortho intramolecular Hbond substituents is 1. The van der Waals surface area contributed by atoms with E-state index >= 15 is 0 Å². The molecule has 1 aromatic rings. The number of benzene rings is 1. The van der Waals surface area contributed by atoms with Crippen molar-refractivity contribution < 1.29 is 19.1 Å². The Morgan fingerprint density at radius 2 is 2.21 bits per heavy atom. The highest BCUT2D eigenvalue weighted by atomic mass is 19.1. The van der Waals surface area contributed by atoms with Gasteiger partial charge >= 0.3 is 0 Å².